The number of thiophene rings is 1. The monoisotopic (exact) mass is 295 g/mol. The Morgan fingerprint density at radius 1 is 1.59 bits per heavy atom. The topological polar surface area (TPSA) is 66.4 Å². The third-order valence-corrected chi connectivity index (χ3v) is 5.98. The van der Waals surface area contributed by atoms with E-state index in [1.807, 2.05) is 38.3 Å². The molecule has 17 heavy (non-hydrogen) atoms. The van der Waals surface area contributed by atoms with Crippen molar-refractivity contribution >= 4 is 31.3 Å². The van der Waals surface area contributed by atoms with Gasteiger partial charge < -0.3 is 5.32 Å². The number of hydrogen-bond acceptors (Lipinski definition) is 5. The Morgan fingerprint density at radius 2 is 2.24 bits per heavy atom. The molecule has 0 fully saturated rings. The average molecular weight is 295 g/mol. The van der Waals surface area contributed by atoms with E-state index < -0.39 is 14.7 Å². The molecule has 0 bridgehead atoms. The van der Waals surface area contributed by atoms with Crippen LogP contribution in [0.1, 0.15) is 30.9 Å². The van der Waals surface area contributed by atoms with Crippen LogP contribution >= 0.6 is 22.1 Å². The van der Waals surface area contributed by atoms with E-state index in [9.17, 15) is 8.42 Å². The van der Waals surface area contributed by atoms with Crippen molar-refractivity contribution in [2.45, 2.75) is 31.6 Å². The van der Waals surface area contributed by atoms with Gasteiger partial charge in [0.2, 0.25) is 0 Å². The fraction of sp³-hybridized carbons (Fsp3) is 0.600. The summed E-state index contributed by atoms with van der Waals surface area (Å²) in [5.41, 5.74) is -0.417. The molecular weight excluding hydrogens is 278 g/mol. The predicted molar refractivity (Wildman–Crippen MR) is 74.0 cm³/mol. The summed E-state index contributed by atoms with van der Waals surface area (Å²) in [6, 6.07) is 3.76. The van der Waals surface area contributed by atoms with Gasteiger partial charge in [0.05, 0.1) is 5.25 Å². The minimum Gasteiger partial charge on any atom is -0.311 e. The summed E-state index contributed by atoms with van der Waals surface area (Å²) < 4.78 is 31.2. The lowest BCUT2D eigenvalue weighted by Crippen LogP contribution is -2.43. The molecule has 4 nitrogen and oxygen atoms in total. The van der Waals surface area contributed by atoms with E-state index in [1.165, 1.54) is 11.3 Å². The zero-order valence-corrected chi connectivity index (χ0v) is 12.5. The Kier molecular flexibility index (Phi) is 5.03. The number of nitrogens with one attached hydrogen (secondary N) is 1. The van der Waals surface area contributed by atoms with Crippen LogP contribution in [0.4, 0.5) is 0 Å². The van der Waals surface area contributed by atoms with Crippen molar-refractivity contribution < 1.29 is 13.0 Å². The van der Waals surface area contributed by atoms with E-state index in [1.54, 1.807) is 0 Å². The molecule has 1 heterocycles. The molecule has 0 aromatic carbocycles. The Hall–Kier alpha value is -0.0800. The summed E-state index contributed by atoms with van der Waals surface area (Å²) in [7, 11) is -3.49. The lowest BCUT2D eigenvalue weighted by Gasteiger charge is -2.33. The van der Waals surface area contributed by atoms with Crippen LogP contribution in [-0.4, -0.2) is 25.1 Å². The molecule has 1 aromatic rings. The highest BCUT2D eigenvalue weighted by Crippen LogP contribution is 2.42. The van der Waals surface area contributed by atoms with Gasteiger partial charge in [0, 0.05) is 21.2 Å². The molecule has 0 saturated heterocycles. The zero-order chi connectivity index (χ0) is 13.1. The van der Waals surface area contributed by atoms with Crippen LogP contribution in [0, 0.1) is 0 Å². The van der Waals surface area contributed by atoms with Crippen LogP contribution in [-0.2, 0) is 9.15 Å². The fourth-order valence-electron chi connectivity index (χ4n) is 1.63. The molecule has 7 heteroatoms. The number of likely N-dealkylation sites (N-methyl/N-ethyl adjacent to an activating group) is 1. The van der Waals surface area contributed by atoms with Crippen molar-refractivity contribution in [2.24, 2.45) is 0 Å². The molecule has 98 valence electrons. The van der Waals surface area contributed by atoms with Crippen molar-refractivity contribution in [3.8, 4) is 0 Å². The standard InChI is InChI=1S/C10H17NO3S3/c1-4-11-10(2,3)9(16-17(12,13)14)8-6-5-7-15-8/h5-7,9,11H,4H2,1-3H3,(H,12,13,14). The van der Waals surface area contributed by atoms with Gasteiger partial charge in [-0.15, -0.1) is 11.3 Å². The molecular formula is C10H17NO3S3. The van der Waals surface area contributed by atoms with Gasteiger partial charge in [-0.1, -0.05) is 13.0 Å². The van der Waals surface area contributed by atoms with Gasteiger partial charge in [-0.3, -0.25) is 4.55 Å². The normalized spacial score (nSPS) is 14.8. The van der Waals surface area contributed by atoms with Crippen molar-refractivity contribution in [1.82, 2.24) is 5.32 Å². The van der Waals surface area contributed by atoms with E-state index in [-0.39, 0.29) is 5.25 Å². The van der Waals surface area contributed by atoms with Gasteiger partial charge in [-0.25, -0.2) is 0 Å². The van der Waals surface area contributed by atoms with Crippen LogP contribution < -0.4 is 5.32 Å². The Balaban J connectivity index is 3.03. The van der Waals surface area contributed by atoms with Gasteiger partial charge in [-0.2, -0.15) is 8.42 Å². The summed E-state index contributed by atoms with van der Waals surface area (Å²) >= 11 is 1.49. The Bertz CT molecular complexity index is 439. The molecule has 0 aliphatic rings. The molecule has 0 aliphatic carbocycles. The minimum absolute atomic E-state index is 0.336. The first-order valence-corrected chi connectivity index (χ1v) is 8.92. The lowest BCUT2D eigenvalue weighted by atomic mass is 9.99. The minimum atomic E-state index is -4.07. The Morgan fingerprint density at radius 3 is 2.65 bits per heavy atom. The van der Waals surface area contributed by atoms with Crippen LogP contribution in [0.25, 0.3) is 0 Å². The van der Waals surface area contributed by atoms with Crippen molar-refractivity contribution in [2.75, 3.05) is 6.54 Å². The van der Waals surface area contributed by atoms with Crippen molar-refractivity contribution in [1.29, 1.82) is 0 Å². The van der Waals surface area contributed by atoms with Crippen molar-refractivity contribution in [3.63, 3.8) is 0 Å². The molecule has 1 atom stereocenters. The highest BCUT2D eigenvalue weighted by Gasteiger charge is 2.35. The second kappa shape index (κ2) is 5.71. The molecule has 0 spiro atoms. The molecule has 0 radical (unpaired) electrons. The second-order valence-corrected chi connectivity index (χ2v) is 8.51. The summed E-state index contributed by atoms with van der Waals surface area (Å²) in [6.07, 6.45) is 0. The Labute approximate surface area is 110 Å². The number of hydrogen-bond donors (Lipinski definition) is 2. The molecule has 0 amide bonds. The quantitative estimate of drug-likeness (QED) is 0.624. The second-order valence-electron chi connectivity index (χ2n) is 4.17. The van der Waals surface area contributed by atoms with Gasteiger partial charge in [0.25, 0.3) is 0 Å². The maximum absolute atomic E-state index is 11.1. The SMILES string of the molecule is CCNC(C)(C)C(SS(=O)(=O)O)c1cccs1. The van der Waals surface area contributed by atoms with Crippen LogP contribution in [0.3, 0.4) is 0 Å². The van der Waals surface area contributed by atoms with E-state index in [0.717, 1.165) is 11.4 Å². The van der Waals surface area contributed by atoms with Crippen LogP contribution in [0.15, 0.2) is 17.5 Å². The maximum atomic E-state index is 11.1. The molecule has 1 unspecified atom stereocenters. The fourth-order valence-corrected chi connectivity index (χ4v) is 5.52. The maximum Gasteiger partial charge on any atom is 0.320 e. The van der Waals surface area contributed by atoms with E-state index in [4.69, 9.17) is 4.55 Å². The third-order valence-electron chi connectivity index (χ3n) is 2.31. The highest BCUT2D eigenvalue weighted by molar-refractivity contribution is 8.70. The summed E-state index contributed by atoms with van der Waals surface area (Å²) in [5, 5.41) is 4.81. The molecule has 2 N–H and O–H groups in total. The summed E-state index contributed by atoms with van der Waals surface area (Å²) in [5.74, 6) is 0. The predicted octanol–water partition coefficient (Wildman–Crippen LogP) is 2.71. The molecule has 0 aliphatic heterocycles. The number of rotatable bonds is 6. The smallest absolute Gasteiger partial charge is 0.311 e. The van der Waals surface area contributed by atoms with Gasteiger partial charge >= 0.3 is 9.15 Å². The molecule has 0 saturated carbocycles. The van der Waals surface area contributed by atoms with Gasteiger partial charge in [0.1, 0.15) is 0 Å². The first kappa shape index (κ1) is 15.0. The van der Waals surface area contributed by atoms with E-state index >= 15 is 0 Å². The van der Waals surface area contributed by atoms with Gasteiger partial charge in [0.15, 0.2) is 0 Å². The van der Waals surface area contributed by atoms with Crippen LogP contribution in [0.5, 0.6) is 0 Å². The highest BCUT2D eigenvalue weighted by atomic mass is 33.1. The largest absolute Gasteiger partial charge is 0.320 e. The molecule has 1 aromatic heterocycles. The zero-order valence-electron chi connectivity index (χ0n) is 10.0. The lowest BCUT2D eigenvalue weighted by molar-refractivity contribution is 0.392. The first-order valence-electron chi connectivity index (χ1n) is 5.20. The molecule has 1 rings (SSSR count). The van der Waals surface area contributed by atoms with E-state index in [2.05, 4.69) is 5.32 Å². The van der Waals surface area contributed by atoms with Crippen molar-refractivity contribution in [3.05, 3.63) is 22.4 Å². The van der Waals surface area contributed by atoms with Crippen LogP contribution in [0.2, 0.25) is 0 Å². The average Bonchev–Trinajstić information content (AvgIpc) is 2.64. The third kappa shape index (κ3) is 4.59. The first-order chi connectivity index (χ1) is 7.76. The summed E-state index contributed by atoms with van der Waals surface area (Å²) in [4.78, 5) is 0.929. The van der Waals surface area contributed by atoms with E-state index in [0.29, 0.717) is 10.8 Å². The summed E-state index contributed by atoms with van der Waals surface area (Å²) in [6.45, 7) is 6.56. The van der Waals surface area contributed by atoms with Gasteiger partial charge in [-0.05, 0) is 31.8 Å².